The molecule has 0 saturated carbocycles. The molecule has 0 saturated heterocycles. The van der Waals surface area contributed by atoms with Gasteiger partial charge in [-0.15, -0.1) is 0 Å². The summed E-state index contributed by atoms with van der Waals surface area (Å²) in [5, 5.41) is 0. The molecule has 0 fully saturated rings. The highest BCUT2D eigenvalue weighted by molar-refractivity contribution is 6.20. The maximum absolute atomic E-state index is 10.6. The van der Waals surface area contributed by atoms with E-state index in [1.165, 1.54) is 6.92 Å². The second kappa shape index (κ2) is 3.93. The van der Waals surface area contributed by atoms with Crippen molar-refractivity contribution in [1.29, 1.82) is 0 Å². The Morgan fingerprint density at radius 2 is 2.20 bits per heavy atom. The molecule has 0 amide bonds. The van der Waals surface area contributed by atoms with E-state index >= 15 is 0 Å². The second-order valence-electron chi connectivity index (χ2n) is 1.78. The van der Waals surface area contributed by atoms with Gasteiger partial charge in [0.15, 0.2) is 19.4 Å². The summed E-state index contributed by atoms with van der Waals surface area (Å²) in [5.41, 5.74) is 0.0308. The average molecular weight is 136 g/mol. The molecule has 0 heterocycles. The Morgan fingerprint density at radius 1 is 1.70 bits per heavy atom. The fourth-order valence-corrected chi connectivity index (χ4v) is 0.475. The number of ether oxygens (including phenoxy) is 1. The van der Waals surface area contributed by atoms with E-state index in [-0.39, 0.29) is 17.2 Å². The average Bonchev–Trinajstić information content (AvgIpc) is 1.81. The lowest BCUT2D eigenvalue weighted by Crippen LogP contribution is -2.00. The Bertz CT molecular complexity index is 182. The fraction of sp³-hybridized carbons (Fsp3) is 0.286. The summed E-state index contributed by atoms with van der Waals surface area (Å²) < 4.78 is 4.76. The molecule has 0 atom stereocenters. The van der Waals surface area contributed by atoms with Crippen LogP contribution >= 0.6 is 0 Å². The molecule has 0 aliphatic rings. The van der Waals surface area contributed by atoms with Gasteiger partial charge in [0.05, 0.1) is 0 Å². The molecule has 0 aliphatic carbocycles. The van der Waals surface area contributed by atoms with Crippen LogP contribution < -0.4 is 0 Å². The number of carbonyl (C=O) groups excluding carboxylic acids is 1. The van der Waals surface area contributed by atoms with Gasteiger partial charge in [-0.1, -0.05) is 6.58 Å². The van der Waals surface area contributed by atoms with Gasteiger partial charge in [0.1, 0.15) is 0 Å². The maximum atomic E-state index is 10.6. The lowest BCUT2D eigenvalue weighted by atomic mass is 10.1. The molecule has 0 unspecified atom stereocenters. The van der Waals surface area contributed by atoms with Crippen LogP contribution in [0.25, 0.3) is 0 Å². The smallest absolute Gasteiger partial charge is 0.194 e. The van der Waals surface area contributed by atoms with Crippen LogP contribution in [0, 0.1) is 0 Å². The van der Waals surface area contributed by atoms with Crippen LogP contribution in [0.5, 0.6) is 0 Å². The van der Waals surface area contributed by atoms with Crippen molar-refractivity contribution in [2.24, 2.45) is 0 Å². The quantitative estimate of drug-likeness (QED) is 0.330. The summed E-state index contributed by atoms with van der Waals surface area (Å²) in [4.78, 5) is 10.6. The van der Waals surface area contributed by atoms with Crippen molar-refractivity contribution in [2.75, 3.05) is 0 Å². The van der Waals surface area contributed by atoms with Crippen LogP contribution in [-0.2, 0) is 9.53 Å². The first-order valence-corrected chi connectivity index (χ1v) is 2.87. The first-order valence-electron chi connectivity index (χ1n) is 2.87. The predicted molar refractivity (Wildman–Crippen MR) is 40.4 cm³/mol. The summed E-state index contributed by atoms with van der Waals surface area (Å²) >= 11 is 0. The molecule has 3 heteroatoms. The Hall–Kier alpha value is -0.985. The Balaban J connectivity index is 4.12. The SMILES string of the molecule is [B]C(=C)O/C(=C\C)C(C)=O. The summed E-state index contributed by atoms with van der Waals surface area (Å²) in [7, 11) is 5.10. The minimum absolute atomic E-state index is 0.0308. The zero-order valence-corrected chi connectivity index (χ0v) is 6.18. The first kappa shape index (κ1) is 9.01. The van der Waals surface area contributed by atoms with E-state index in [9.17, 15) is 4.79 Å². The Labute approximate surface area is 62.0 Å². The number of Topliss-reactive ketones (excluding diaryl/α,β-unsaturated/α-hetero) is 1. The number of allylic oxidation sites excluding steroid dienone is 2. The van der Waals surface area contributed by atoms with Crippen molar-refractivity contribution in [3.8, 4) is 0 Å². The zero-order chi connectivity index (χ0) is 8.15. The molecule has 10 heavy (non-hydrogen) atoms. The van der Waals surface area contributed by atoms with Gasteiger partial charge in [0.2, 0.25) is 0 Å². The third-order valence-electron chi connectivity index (χ3n) is 0.850. The van der Waals surface area contributed by atoms with Crippen LogP contribution in [0.2, 0.25) is 0 Å². The zero-order valence-electron chi connectivity index (χ0n) is 6.18. The van der Waals surface area contributed by atoms with Crippen molar-refractivity contribution < 1.29 is 9.53 Å². The van der Waals surface area contributed by atoms with Gasteiger partial charge in [-0.05, 0) is 13.0 Å². The highest BCUT2D eigenvalue weighted by Crippen LogP contribution is 2.01. The molecular formula is C7H9BO2. The Morgan fingerprint density at radius 3 is 2.30 bits per heavy atom. The highest BCUT2D eigenvalue weighted by atomic mass is 16.5. The molecule has 52 valence electrons. The van der Waals surface area contributed by atoms with E-state index in [4.69, 9.17) is 12.6 Å². The molecule has 0 bridgehead atoms. The summed E-state index contributed by atoms with van der Waals surface area (Å²) in [6.07, 6.45) is 1.54. The molecule has 0 aromatic carbocycles. The minimum Gasteiger partial charge on any atom is -0.471 e. The Kier molecular flexibility index (Phi) is 3.54. The van der Waals surface area contributed by atoms with Crippen molar-refractivity contribution >= 4 is 13.6 Å². The van der Waals surface area contributed by atoms with E-state index in [0.29, 0.717) is 0 Å². The van der Waals surface area contributed by atoms with Crippen LogP contribution in [0.4, 0.5) is 0 Å². The van der Waals surface area contributed by atoms with E-state index in [2.05, 4.69) is 6.58 Å². The van der Waals surface area contributed by atoms with E-state index in [1.54, 1.807) is 13.0 Å². The van der Waals surface area contributed by atoms with E-state index in [1.807, 2.05) is 0 Å². The van der Waals surface area contributed by atoms with Crippen LogP contribution in [0.15, 0.2) is 24.1 Å². The molecule has 0 rings (SSSR count). The summed E-state index contributed by atoms with van der Waals surface area (Å²) in [6, 6.07) is 0. The largest absolute Gasteiger partial charge is 0.471 e. The lowest BCUT2D eigenvalue weighted by molar-refractivity contribution is -0.116. The monoisotopic (exact) mass is 136 g/mol. The minimum atomic E-state index is -0.158. The number of ketones is 1. The van der Waals surface area contributed by atoms with Crippen LogP contribution in [0.1, 0.15) is 13.8 Å². The van der Waals surface area contributed by atoms with Crippen molar-refractivity contribution in [1.82, 2.24) is 0 Å². The number of carbonyl (C=O) groups is 1. The third kappa shape index (κ3) is 3.12. The maximum Gasteiger partial charge on any atom is 0.194 e. The van der Waals surface area contributed by atoms with E-state index < -0.39 is 0 Å². The van der Waals surface area contributed by atoms with Gasteiger partial charge >= 0.3 is 0 Å². The molecule has 0 aromatic heterocycles. The normalized spacial score (nSPS) is 10.8. The van der Waals surface area contributed by atoms with Gasteiger partial charge in [-0.2, -0.15) is 0 Å². The lowest BCUT2D eigenvalue weighted by Gasteiger charge is -2.04. The fourth-order valence-electron chi connectivity index (χ4n) is 0.475. The van der Waals surface area contributed by atoms with Gasteiger partial charge in [0.25, 0.3) is 0 Å². The molecule has 0 N–H and O–H groups in total. The second-order valence-corrected chi connectivity index (χ2v) is 1.78. The van der Waals surface area contributed by atoms with Gasteiger partial charge in [-0.3, -0.25) is 4.79 Å². The number of hydrogen-bond donors (Lipinski definition) is 0. The standard InChI is InChI=1S/C7H9BO2/c1-4-7(5(2)9)10-6(3)8/h4H,3H2,1-2H3/b7-4-. The van der Waals surface area contributed by atoms with Gasteiger partial charge < -0.3 is 4.74 Å². The van der Waals surface area contributed by atoms with Crippen molar-refractivity contribution in [2.45, 2.75) is 13.8 Å². The van der Waals surface area contributed by atoms with Gasteiger partial charge in [-0.25, -0.2) is 0 Å². The molecular weight excluding hydrogens is 127 g/mol. The predicted octanol–water partition coefficient (Wildman–Crippen LogP) is 1.14. The highest BCUT2D eigenvalue weighted by Gasteiger charge is 2.01. The first-order chi connectivity index (χ1) is 4.57. The molecule has 0 spiro atoms. The number of rotatable bonds is 3. The van der Waals surface area contributed by atoms with Gasteiger partial charge in [0, 0.05) is 12.6 Å². The van der Waals surface area contributed by atoms with Crippen molar-refractivity contribution in [3.05, 3.63) is 24.1 Å². The van der Waals surface area contributed by atoms with Crippen molar-refractivity contribution in [3.63, 3.8) is 0 Å². The molecule has 0 aliphatic heterocycles. The molecule has 2 nitrogen and oxygen atoms in total. The molecule has 2 radical (unpaired) electrons. The number of hydrogen-bond acceptors (Lipinski definition) is 2. The topological polar surface area (TPSA) is 26.3 Å². The van der Waals surface area contributed by atoms with Crippen LogP contribution in [-0.4, -0.2) is 13.6 Å². The van der Waals surface area contributed by atoms with Crippen LogP contribution in [0.3, 0.4) is 0 Å². The summed E-state index contributed by atoms with van der Waals surface area (Å²) in [5.74, 6) is 0.0709. The third-order valence-corrected chi connectivity index (χ3v) is 0.850. The summed E-state index contributed by atoms with van der Waals surface area (Å²) in [6.45, 7) is 6.38. The van der Waals surface area contributed by atoms with E-state index in [0.717, 1.165) is 0 Å². The molecule has 0 aromatic rings.